The quantitative estimate of drug-likeness (QED) is 0.838. The number of amides is 1. The van der Waals surface area contributed by atoms with Gasteiger partial charge in [-0.1, -0.05) is 11.3 Å². The fraction of sp³-hybridized carbons (Fsp3) is 0.600. The average Bonchev–Trinajstić information content (AvgIpc) is 2.71. The maximum absolute atomic E-state index is 12.2. The van der Waals surface area contributed by atoms with Gasteiger partial charge in [-0.2, -0.15) is 0 Å². The Morgan fingerprint density at radius 1 is 1.50 bits per heavy atom. The predicted octanol–water partition coefficient (Wildman–Crippen LogP) is 0.966. The van der Waals surface area contributed by atoms with Crippen LogP contribution in [0.1, 0.15) is 15.4 Å². The van der Waals surface area contributed by atoms with Crippen molar-refractivity contribution in [2.24, 2.45) is 0 Å². The number of morpholine rings is 1. The Labute approximate surface area is 98.4 Å². The van der Waals surface area contributed by atoms with Gasteiger partial charge in [0.2, 0.25) is 0 Å². The third-order valence-corrected chi connectivity index (χ3v) is 3.67. The van der Waals surface area contributed by atoms with E-state index in [1.165, 1.54) is 11.3 Å². The van der Waals surface area contributed by atoms with Crippen molar-refractivity contribution in [2.75, 3.05) is 38.7 Å². The van der Waals surface area contributed by atoms with Crippen molar-refractivity contribution in [1.29, 1.82) is 0 Å². The maximum Gasteiger partial charge on any atom is 0.266 e. The second-order valence-corrected chi connectivity index (χ2v) is 4.59. The predicted molar refractivity (Wildman–Crippen MR) is 63.1 cm³/mol. The first-order chi connectivity index (χ1) is 7.72. The molecule has 1 aliphatic heterocycles. The largest absolute Gasteiger partial charge is 0.378 e. The summed E-state index contributed by atoms with van der Waals surface area (Å²) in [5.41, 5.74) is 0.797. The average molecular weight is 241 g/mol. The summed E-state index contributed by atoms with van der Waals surface area (Å²) in [5.74, 6) is 0.0693. The van der Waals surface area contributed by atoms with Crippen LogP contribution in [0.15, 0.2) is 0 Å². The highest BCUT2D eigenvalue weighted by Crippen LogP contribution is 2.23. The van der Waals surface area contributed by atoms with Gasteiger partial charge in [-0.25, -0.2) is 4.98 Å². The molecule has 1 aromatic rings. The number of aryl methyl sites for hydroxylation is 1. The third kappa shape index (κ3) is 2.17. The van der Waals surface area contributed by atoms with Gasteiger partial charge in [0.1, 0.15) is 4.88 Å². The van der Waals surface area contributed by atoms with Crippen molar-refractivity contribution in [3.05, 3.63) is 10.6 Å². The highest BCUT2D eigenvalue weighted by molar-refractivity contribution is 7.17. The van der Waals surface area contributed by atoms with E-state index in [4.69, 9.17) is 4.74 Å². The number of hydrogen-bond donors (Lipinski definition) is 1. The number of thiazole rings is 1. The summed E-state index contributed by atoms with van der Waals surface area (Å²) < 4.78 is 5.22. The van der Waals surface area contributed by atoms with Crippen LogP contribution in [0.5, 0.6) is 0 Å². The van der Waals surface area contributed by atoms with Crippen LogP contribution in [-0.4, -0.2) is 49.1 Å². The van der Waals surface area contributed by atoms with Gasteiger partial charge < -0.3 is 15.0 Å². The third-order valence-electron chi connectivity index (χ3n) is 2.50. The molecule has 0 saturated carbocycles. The Kier molecular flexibility index (Phi) is 3.40. The lowest BCUT2D eigenvalue weighted by Gasteiger charge is -2.26. The number of nitrogens with zero attached hydrogens (tertiary/aromatic N) is 2. The van der Waals surface area contributed by atoms with Gasteiger partial charge in [0.05, 0.1) is 18.9 Å². The zero-order valence-electron chi connectivity index (χ0n) is 9.45. The molecule has 6 heteroatoms. The van der Waals surface area contributed by atoms with Crippen molar-refractivity contribution in [3.63, 3.8) is 0 Å². The molecule has 0 aromatic carbocycles. The SMILES string of the molecule is CNc1nc(C)c(C(=O)N2CCOCC2)s1. The molecule has 88 valence electrons. The Bertz CT molecular complexity index is 385. The van der Waals surface area contributed by atoms with E-state index in [0.717, 1.165) is 15.7 Å². The molecule has 2 rings (SSSR count). The van der Waals surface area contributed by atoms with Crippen molar-refractivity contribution in [2.45, 2.75) is 6.92 Å². The molecular formula is C10H15N3O2S. The molecule has 1 fully saturated rings. The molecule has 0 spiro atoms. The van der Waals surface area contributed by atoms with Gasteiger partial charge in [0, 0.05) is 20.1 Å². The minimum Gasteiger partial charge on any atom is -0.378 e. The molecule has 1 aromatic heterocycles. The number of rotatable bonds is 2. The Morgan fingerprint density at radius 3 is 2.75 bits per heavy atom. The molecule has 2 heterocycles. The molecular weight excluding hydrogens is 226 g/mol. The summed E-state index contributed by atoms with van der Waals surface area (Å²) in [7, 11) is 1.81. The first-order valence-electron chi connectivity index (χ1n) is 5.24. The number of ether oxygens (including phenoxy) is 1. The lowest BCUT2D eigenvalue weighted by Crippen LogP contribution is -2.40. The second kappa shape index (κ2) is 4.80. The minimum atomic E-state index is 0.0693. The Morgan fingerprint density at radius 2 is 2.19 bits per heavy atom. The van der Waals surface area contributed by atoms with E-state index in [0.29, 0.717) is 26.3 Å². The first-order valence-corrected chi connectivity index (χ1v) is 6.06. The van der Waals surface area contributed by atoms with Crippen LogP contribution >= 0.6 is 11.3 Å². The molecule has 0 unspecified atom stereocenters. The standard InChI is InChI=1S/C10H15N3O2S/c1-7-8(16-10(11-2)12-7)9(14)13-3-5-15-6-4-13/h3-6H2,1-2H3,(H,11,12). The van der Waals surface area contributed by atoms with Gasteiger partial charge in [0.15, 0.2) is 5.13 Å². The fourth-order valence-corrected chi connectivity index (χ4v) is 2.50. The van der Waals surface area contributed by atoms with E-state index in [-0.39, 0.29) is 5.91 Å². The summed E-state index contributed by atoms with van der Waals surface area (Å²) in [6.07, 6.45) is 0. The van der Waals surface area contributed by atoms with Gasteiger partial charge in [-0.15, -0.1) is 0 Å². The summed E-state index contributed by atoms with van der Waals surface area (Å²) in [6, 6.07) is 0. The number of aromatic nitrogens is 1. The number of nitrogens with one attached hydrogen (secondary N) is 1. The lowest BCUT2D eigenvalue weighted by molar-refractivity contribution is 0.0305. The van der Waals surface area contributed by atoms with E-state index in [2.05, 4.69) is 10.3 Å². The smallest absolute Gasteiger partial charge is 0.266 e. The lowest BCUT2D eigenvalue weighted by atomic mass is 10.3. The molecule has 0 radical (unpaired) electrons. The van der Waals surface area contributed by atoms with Crippen molar-refractivity contribution in [1.82, 2.24) is 9.88 Å². The molecule has 5 nitrogen and oxygen atoms in total. The number of anilines is 1. The second-order valence-electron chi connectivity index (χ2n) is 3.59. The minimum absolute atomic E-state index is 0.0693. The van der Waals surface area contributed by atoms with E-state index < -0.39 is 0 Å². The molecule has 1 saturated heterocycles. The van der Waals surface area contributed by atoms with Gasteiger partial charge in [-0.05, 0) is 6.92 Å². The van der Waals surface area contributed by atoms with Crippen LogP contribution < -0.4 is 5.32 Å². The molecule has 1 amide bonds. The topological polar surface area (TPSA) is 54.5 Å². The van der Waals surface area contributed by atoms with Crippen LogP contribution in [0.2, 0.25) is 0 Å². The van der Waals surface area contributed by atoms with E-state index >= 15 is 0 Å². The van der Waals surface area contributed by atoms with Crippen LogP contribution in [0.25, 0.3) is 0 Å². The highest BCUT2D eigenvalue weighted by Gasteiger charge is 2.22. The number of hydrogen-bond acceptors (Lipinski definition) is 5. The summed E-state index contributed by atoms with van der Waals surface area (Å²) in [6.45, 7) is 4.46. The van der Waals surface area contributed by atoms with Gasteiger partial charge in [0.25, 0.3) is 5.91 Å². The van der Waals surface area contributed by atoms with Gasteiger partial charge in [-0.3, -0.25) is 4.79 Å². The molecule has 0 atom stereocenters. The van der Waals surface area contributed by atoms with E-state index in [9.17, 15) is 4.79 Å². The number of carbonyl (C=O) groups is 1. The number of carbonyl (C=O) groups excluding carboxylic acids is 1. The van der Waals surface area contributed by atoms with Crippen molar-refractivity contribution < 1.29 is 9.53 Å². The molecule has 0 aliphatic carbocycles. The zero-order valence-corrected chi connectivity index (χ0v) is 10.3. The highest BCUT2D eigenvalue weighted by atomic mass is 32.1. The summed E-state index contributed by atoms with van der Waals surface area (Å²) >= 11 is 1.41. The van der Waals surface area contributed by atoms with Crippen LogP contribution in [-0.2, 0) is 4.74 Å². The molecule has 0 bridgehead atoms. The Hall–Kier alpha value is -1.14. The van der Waals surface area contributed by atoms with E-state index in [1.54, 1.807) is 7.05 Å². The maximum atomic E-state index is 12.2. The zero-order chi connectivity index (χ0) is 11.5. The van der Waals surface area contributed by atoms with Crippen LogP contribution in [0, 0.1) is 6.92 Å². The molecule has 1 N–H and O–H groups in total. The monoisotopic (exact) mass is 241 g/mol. The Balaban J connectivity index is 2.15. The van der Waals surface area contributed by atoms with Crippen molar-refractivity contribution in [3.8, 4) is 0 Å². The normalized spacial score (nSPS) is 16.2. The fourth-order valence-electron chi connectivity index (χ4n) is 1.61. The van der Waals surface area contributed by atoms with E-state index in [1.807, 2.05) is 11.8 Å². The molecule has 1 aliphatic rings. The summed E-state index contributed by atoms with van der Waals surface area (Å²) in [5, 5.41) is 3.74. The first kappa shape index (κ1) is 11.3. The van der Waals surface area contributed by atoms with Crippen LogP contribution in [0.3, 0.4) is 0 Å². The van der Waals surface area contributed by atoms with Crippen molar-refractivity contribution >= 4 is 22.4 Å². The van der Waals surface area contributed by atoms with Crippen LogP contribution in [0.4, 0.5) is 5.13 Å². The molecule has 16 heavy (non-hydrogen) atoms. The summed E-state index contributed by atoms with van der Waals surface area (Å²) in [4.78, 5) is 19.0. The van der Waals surface area contributed by atoms with Gasteiger partial charge >= 0.3 is 0 Å².